The van der Waals surface area contributed by atoms with Gasteiger partial charge in [0.15, 0.2) is 0 Å². The minimum atomic E-state index is -0.540. The van der Waals surface area contributed by atoms with Gasteiger partial charge in [-0.2, -0.15) is 0 Å². The van der Waals surface area contributed by atoms with Gasteiger partial charge in [-0.25, -0.2) is 9.29 Å². The summed E-state index contributed by atoms with van der Waals surface area (Å²) in [5, 5.41) is 3.13. The van der Waals surface area contributed by atoms with Crippen molar-refractivity contribution in [3.05, 3.63) is 89.4 Å². The zero-order valence-corrected chi connectivity index (χ0v) is 19.2. The minimum Gasteiger partial charge on any atom is -0.495 e. The van der Waals surface area contributed by atoms with E-state index in [0.717, 1.165) is 16.9 Å². The molecule has 1 N–H and O–H groups in total. The van der Waals surface area contributed by atoms with Crippen molar-refractivity contribution >= 4 is 28.8 Å². The number of anilines is 2. The Hall–Kier alpha value is -4.13. The van der Waals surface area contributed by atoms with Gasteiger partial charge >= 0.3 is 0 Å². The third kappa shape index (κ3) is 4.50. The molecule has 0 spiro atoms. The van der Waals surface area contributed by atoms with Gasteiger partial charge in [0.1, 0.15) is 23.0 Å². The van der Waals surface area contributed by atoms with Crippen LogP contribution in [0.2, 0.25) is 0 Å². The van der Waals surface area contributed by atoms with Crippen LogP contribution in [0.1, 0.15) is 24.5 Å². The average molecular weight is 461 g/mol. The molecule has 0 saturated carbocycles. The van der Waals surface area contributed by atoms with Gasteiger partial charge < -0.3 is 14.8 Å². The maximum absolute atomic E-state index is 13.5. The predicted molar refractivity (Wildman–Crippen MR) is 129 cm³/mol. The Morgan fingerprint density at radius 3 is 2.29 bits per heavy atom. The zero-order chi connectivity index (χ0) is 24.2. The van der Waals surface area contributed by atoms with Crippen LogP contribution in [0.4, 0.5) is 15.8 Å². The molecule has 1 aliphatic heterocycles. The van der Waals surface area contributed by atoms with Crippen LogP contribution in [-0.2, 0) is 9.59 Å². The van der Waals surface area contributed by atoms with E-state index in [9.17, 15) is 14.0 Å². The van der Waals surface area contributed by atoms with E-state index in [4.69, 9.17) is 9.47 Å². The van der Waals surface area contributed by atoms with Crippen LogP contribution in [0, 0.1) is 12.7 Å². The fourth-order valence-electron chi connectivity index (χ4n) is 3.73. The summed E-state index contributed by atoms with van der Waals surface area (Å²) >= 11 is 0. The number of hydrogen-bond acceptors (Lipinski definition) is 5. The molecule has 34 heavy (non-hydrogen) atoms. The standard InChI is InChI=1S/C27H25FN2O4/c1-4-15-34-21-12-6-18(7-13-21)24-25(29-22-16-17(2)5-14-23(22)33-3)27(32)30(26(24)31)20-10-8-19(28)9-11-20/h5-14,16,29H,4,15H2,1-3H3. The number of halogens is 1. The lowest BCUT2D eigenvalue weighted by Gasteiger charge is -2.16. The maximum Gasteiger partial charge on any atom is 0.282 e. The summed E-state index contributed by atoms with van der Waals surface area (Å²) in [7, 11) is 1.53. The summed E-state index contributed by atoms with van der Waals surface area (Å²) < 4.78 is 24.6. The van der Waals surface area contributed by atoms with E-state index in [1.54, 1.807) is 30.3 Å². The van der Waals surface area contributed by atoms with Gasteiger partial charge in [-0.15, -0.1) is 0 Å². The second-order valence-corrected chi connectivity index (χ2v) is 7.87. The van der Waals surface area contributed by atoms with Gasteiger partial charge in [-0.1, -0.05) is 25.1 Å². The van der Waals surface area contributed by atoms with Gasteiger partial charge in [0.25, 0.3) is 11.8 Å². The molecule has 1 aliphatic rings. The van der Waals surface area contributed by atoms with Crippen molar-refractivity contribution in [2.24, 2.45) is 0 Å². The first-order valence-corrected chi connectivity index (χ1v) is 11.0. The molecule has 4 rings (SSSR count). The van der Waals surface area contributed by atoms with Crippen LogP contribution >= 0.6 is 0 Å². The van der Waals surface area contributed by atoms with E-state index in [1.165, 1.54) is 31.4 Å². The second kappa shape index (κ2) is 9.79. The fourth-order valence-corrected chi connectivity index (χ4v) is 3.73. The monoisotopic (exact) mass is 460 g/mol. The smallest absolute Gasteiger partial charge is 0.282 e. The maximum atomic E-state index is 13.5. The lowest BCUT2D eigenvalue weighted by atomic mass is 10.0. The number of imide groups is 1. The number of rotatable bonds is 8. The predicted octanol–water partition coefficient (Wildman–Crippen LogP) is 5.33. The van der Waals surface area contributed by atoms with Crippen LogP contribution in [0.3, 0.4) is 0 Å². The number of aryl methyl sites for hydroxylation is 1. The summed E-state index contributed by atoms with van der Waals surface area (Å²) in [5.41, 5.74) is 2.67. The first-order chi connectivity index (χ1) is 16.4. The molecular weight excluding hydrogens is 435 g/mol. The highest BCUT2D eigenvalue weighted by Gasteiger charge is 2.40. The zero-order valence-electron chi connectivity index (χ0n) is 19.2. The summed E-state index contributed by atoms with van der Waals surface area (Å²) in [6, 6.07) is 17.8. The average Bonchev–Trinajstić information content (AvgIpc) is 3.08. The van der Waals surface area contributed by atoms with E-state index >= 15 is 0 Å². The molecule has 3 aromatic carbocycles. The molecule has 0 unspecified atom stereocenters. The number of benzene rings is 3. The molecule has 6 nitrogen and oxygen atoms in total. The van der Waals surface area contributed by atoms with Gasteiger partial charge in [0, 0.05) is 0 Å². The Balaban J connectivity index is 1.79. The molecule has 0 saturated heterocycles. The highest BCUT2D eigenvalue weighted by atomic mass is 19.1. The molecule has 0 bridgehead atoms. The van der Waals surface area contributed by atoms with Gasteiger partial charge in [-0.3, -0.25) is 9.59 Å². The molecule has 0 aliphatic carbocycles. The topological polar surface area (TPSA) is 67.9 Å². The van der Waals surface area contributed by atoms with Crippen molar-refractivity contribution in [3.63, 3.8) is 0 Å². The molecule has 1 heterocycles. The van der Waals surface area contributed by atoms with Gasteiger partial charge in [0.05, 0.1) is 30.7 Å². The first-order valence-electron chi connectivity index (χ1n) is 11.0. The van der Waals surface area contributed by atoms with E-state index in [2.05, 4.69) is 5.32 Å². The molecule has 0 aromatic heterocycles. The molecule has 0 fully saturated rings. The van der Waals surface area contributed by atoms with Crippen LogP contribution < -0.4 is 19.7 Å². The summed E-state index contributed by atoms with van der Waals surface area (Å²) in [6.07, 6.45) is 0.874. The van der Waals surface area contributed by atoms with E-state index in [-0.39, 0.29) is 17.0 Å². The number of ether oxygens (including phenoxy) is 2. The van der Waals surface area contributed by atoms with Crippen molar-refractivity contribution < 1.29 is 23.5 Å². The van der Waals surface area contributed by atoms with Crippen molar-refractivity contribution in [2.45, 2.75) is 20.3 Å². The number of nitrogens with zero attached hydrogens (tertiary/aromatic N) is 1. The molecule has 174 valence electrons. The van der Waals surface area contributed by atoms with Gasteiger partial charge in [-0.05, 0) is 73.0 Å². The number of amides is 2. The van der Waals surface area contributed by atoms with Crippen LogP contribution in [-0.4, -0.2) is 25.5 Å². The van der Waals surface area contributed by atoms with E-state index < -0.39 is 17.6 Å². The third-order valence-electron chi connectivity index (χ3n) is 5.40. The third-order valence-corrected chi connectivity index (χ3v) is 5.40. The Kier molecular flexibility index (Phi) is 6.63. The Bertz CT molecular complexity index is 1250. The Labute approximate surface area is 197 Å². The minimum absolute atomic E-state index is 0.112. The molecular formula is C27H25FN2O4. The SMILES string of the molecule is CCCOc1ccc(C2=C(Nc3cc(C)ccc3OC)C(=O)N(c3ccc(F)cc3)C2=O)cc1. The summed E-state index contributed by atoms with van der Waals surface area (Å²) in [5.74, 6) is -0.301. The van der Waals surface area contributed by atoms with Gasteiger partial charge in [0.2, 0.25) is 0 Å². The molecule has 7 heteroatoms. The van der Waals surface area contributed by atoms with Crippen LogP contribution in [0.5, 0.6) is 11.5 Å². The Morgan fingerprint density at radius 2 is 1.65 bits per heavy atom. The lowest BCUT2D eigenvalue weighted by Crippen LogP contribution is -2.32. The largest absolute Gasteiger partial charge is 0.495 e. The number of nitrogens with one attached hydrogen (secondary N) is 1. The van der Waals surface area contributed by atoms with Crippen molar-refractivity contribution in [2.75, 3.05) is 23.9 Å². The summed E-state index contributed by atoms with van der Waals surface area (Å²) in [6.45, 7) is 4.52. The van der Waals surface area contributed by atoms with E-state index in [0.29, 0.717) is 29.4 Å². The lowest BCUT2D eigenvalue weighted by molar-refractivity contribution is -0.120. The van der Waals surface area contributed by atoms with Crippen LogP contribution in [0.25, 0.3) is 5.57 Å². The number of hydrogen-bond donors (Lipinski definition) is 1. The Morgan fingerprint density at radius 1 is 0.941 bits per heavy atom. The number of methoxy groups -OCH3 is 1. The van der Waals surface area contributed by atoms with Crippen LogP contribution in [0.15, 0.2) is 72.4 Å². The van der Waals surface area contributed by atoms with E-state index in [1.807, 2.05) is 26.0 Å². The molecule has 0 atom stereocenters. The highest BCUT2D eigenvalue weighted by molar-refractivity contribution is 6.46. The normalized spacial score (nSPS) is 13.5. The fraction of sp³-hybridized carbons (Fsp3) is 0.185. The summed E-state index contributed by atoms with van der Waals surface area (Å²) in [4.78, 5) is 28.1. The van der Waals surface area contributed by atoms with Crippen molar-refractivity contribution in [3.8, 4) is 11.5 Å². The molecule has 2 amide bonds. The number of carbonyl (C=O) groups excluding carboxylic acids is 2. The quantitative estimate of drug-likeness (QED) is 0.461. The molecule has 0 radical (unpaired) electrons. The number of carbonyl (C=O) groups is 2. The second-order valence-electron chi connectivity index (χ2n) is 7.87. The van der Waals surface area contributed by atoms with Crippen molar-refractivity contribution in [1.82, 2.24) is 0 Å². The first kappa shape index (κ1) is 23.0. The highest BCUT2D eigenvalue weighted by Crippen LogP contribution is 2.36. The molecule has 3 aromatic rings. The van der Waals surface area contributed by atoms with Crippen molar-refractivity contribution in [1.29, 1.82) is 0 Å².